The average Bonchev–Trinajstić information content (AvgIpc) is 2.31. The zero-order valence-corrected chi connectivity index (χ0v) is 10.2. The predicted octanol–water partition coefficient (Wildman–Crippen LogP) is 2.91. The highest BCUT2D eigenvalue weighted by Crippen LogP contribution is 2.14. The summed E-state index contributed by atoms with van der Waals surface area (Å²) in [5.41, 5.74) is 2.00. The maximum Gasteiger partial charge on any atom is 0.150 e. The summed E-state index contributed by atoms with van der Waals surface area (Å²) < 4.78 is 0. The number of likely N-dealkylation sites (tertiary alicyclic amines) is 1. The second kappa shape index (κ2) is 6.66. The van der Waals surface area contributed by atoms with Crippen LogP contribution >= 0.6 is 12.4 Å². The molecule has 16 heavy (non-hydrogen) atoms. The number of rotatable bonds is 3. The maximum absolute atomic E-state index is 10.9. The lowest BCUT2D eigenvalue weighted by Gasteiger charge is -2.26. The Morgan fingerprint density at radius 1 is 1.12 bits per heavy atom. The molecule has 0 spiro atoms. The van der Waals surface area contributed by atoms with Gasteiger partial charge < -0.3 is 0 Å². The van der Waals surface area contributed by atoms with Crippen molar-refractivity contribution in [2.75, 3.05) is 13.1 Å². The van der Waals surface area contributed by atoms with Crippen molar-refractivity contribution in [3.05, 3.63) is 35.4 Å². The molecular weight excluding hydrogens is 222 g/mol. The Hall–Kier alpha value is -0.860. The van der Waals surface area contributed by atoms with Crippen LogP contribution in [-0.4, -0.2) is 24.3 Å². The van der Waals surface area contributed by atoms with Crippen molar-refractivity contribution < 1.29 is 4.79 Å². The summed E-state index contributed by atoms with van der Waals surface area (Å²) in [7, 11) is 0. The highest BCUT2D eigenvalue weighted by molar-refractivity contribution is 5.85. The van der Waals surface area contributed by atoms with Gasteiger partial charge in [-0.2, -0.15) is 0 Å². The van der Waals surface area contributed by atoms with Gasteiger partial charge >= 0.3 is 0 Å². The first kappa shape index (κ1) is 13.2. The van der Waals surface area contributed by atoms with E-state index in [0.717, 1.165) is 24.0 Å². The van der Waals surface area contributed by atoms with Crippen LogP contribution < -0.4 is 0 Å². The van der Waals surface area contributed by atoms with Crippen LogP contribution in [0.3, 0.4) is 0 Å². The first-order valence-electron chi connectivity index (χ1n) is 5.65. The summed E-state index contributed by atoms with van der Waals surface area (Å²) >= 11 is 0. The minimum atomic E-state index is 0. The third-order valence-corrected chi connectivity index (χ3v) is 3.02. The molecule has 1 saturated heterocycles. The minimum Gasteiger partial charge on any atom is -0.299 e. The van der Waals surface area contributed by atoms with Gasteiger partial charge in [0.1, 0.15) is 6.29 Å². The van der Waals surface area contributed by atoms with Gasteiger partial charge in [0.15, 0.2) is 0 Å². The van der Waals surface area contributed by atoms with Crippen molar-refractivity contribution in [3.63, 3.8) is 0 Å². The van der Waals surface area contributed by atoms with E-state index in [4.69, 9.17) is 0 Å². The lowest BCUT2D eigenvalue weighted by atomic mass is 10.1. The Bertz CT molecular complexity index is 334. The number of nitrogens with zero attached hydrogens (tertiary/aromatic N) is 1. The fraction of sp³-hybridized carbons (Fsp3) is 0.462. The van der Waals surface area contributed by atoms with Crippen LogP contribution in [0.5, 0.6) is 0 Å². The van der Waals surface area contributed by atoms with E-state index >= 15 is 0 Å². The van der Waals surface area contributed by atoms with E-state index in [1.165, 1.54) is 32.4 Å². The number of hydrogen-bond acceptors (Lipinski definition) is 2. The van der Waals surface area contributed by atoms with Crippen LogP contribution in [0.15, 0.2) is 24.3 Å². The number of hydrogen-bond donors (Lipinski definition) is 0. The number of aldehydes is 1. The van der Waals surface area contributed by atoms with Gasteiger partial charge in [0.2, 0.25) is 0 Å². The zero-order valence-electron chi connectivity index (χ0n) is 9.39. The van der Waals surface area contributed by atoms with E-state index in [2.05, 4.69) is 11.0 Å². The van der Waals surface area contributed by atoms with Crippen LogP contribution in [-0.2, 0) is 6.54 Å². The summed E-state index contributed by atoms with van der Waals surface area (Å²) in [5.74, 6) is 0. The molecule has 1 aliphatic heterocycles. The maximum atomic E-state index is 10.9. The highest BCUT2D eigenvalue weighted by Gasteiger charge is 2.11. The van der Waals surface area contributed by atoms with Crippen molar-refractivity contribution >= 4 is 18.7 Å². The average molecular weight is 240 g/mol. The van der Waals surface area contributed by atoms with E-state index in [-0.39, 0.29) is 12.4 Å². The number of piperidine rings is 1. The van der Waals surface area contributed by atoms with Crippen LogP contribution in [0.2, 0.25) is 0 Å². The third kappa shape index (κ3) is 3.32. The SMILES string of the molecule is Cl.O=Cc1ccccc1CN1CCCCC1. The molecule has 0 saturated carbocycles. The van der Waals surface area contributed by atoms with Crippen LogP contribution in [0.25, 0.3) is 0 Å². The first-order chi connectivity index (χ1) is 7.40. The monoisotopic (exact) mass is 239 g/mol. The van der Waals surface area contributed by atoms with Gasteiger partial charge in [0.25, 0.3) is 0 Å². The summed E-state index contributed by atoms with van der Waals surface area (Å²) in [4.78, 5) is 13.3. The zero-order chi connectivity index (χ0) is 10.5. The molecule has 0 radical (unpaired) electrons. The topological polar surface area (TPSA) is 20.3 Å². The number of carbonyl (C=O) groups excluding carboxylic acids is 1. The Morgan fingerprint density at radius 2 is 1.81 bits per heavy atom. The van der Waals surface area contributed by atoms with Crippen molar-refractivity contribution in [2.24, 2.45) is 0 Å². The molecule has 1 fully saturated rings. The Kier molecular flexibility index (Phi) is 5.50. The molecule has 1 aromatic carbocycles. The van der Waals surface area contributed by atoms with E-state index in [0.29, 0.717) is 0 Å². The fourth-order valence-electron chi connectivity index (χ4n) is 2.15. The molecule has 0 amide bonds. The highest BCUT2D eigenvalue weighted by atomic mass is 35.5. The molecular formula is C13H18ClNO. The predicted molar refractivity (Wildman–Crippen MR) is 68.2 cm³/mol. The van der Waals surface area contributed by atoms with Crippen molar-refractivity contribution in [1.82, 2.24) is 4.90 Å². The van der Waals surface area contributed by atoms with E-state index in [9.17, 15) is 4.79 Å². The summed E-state index contributed by atoms with van der Waals surface area (Å²) in [6.45, 7) is 3.27. The second-order valence-electron chi connectivity index (χ2n) is 4.15. The Balaban J connectivity index is 0.00000128. The fourth-order valence-corrected chi connectivity index (χ4v) is 2.15. The van der Waals surface area contributed by atoms with Gasteiger partial charge in [-0.15, -0.1) is 12.4 Å². The summed E-state index contributed by atoms with van der Waals surface area (Å²) in [6.07, 6.45) is 4.90. The van der Waals surface area contributed by atoms with Gasteiger partial charge in [-0.3, -0.25) is 9.69 Å². The van der Waals surface area contributed by atoms with Crippen LogP contribution in [0, 0.1) is 0 Å². The largest absolute Gasteiger partial charge is 0.299 e. The van der Waals surface area contributed by atoms with Gasteiger partial charge in [0, 0.05) is 12.1 Å². The van der Waals surface area contributed by atoms with Crippen molar-refractivity contribution in [3.8, 4) is 0 Å². The molecule has 2 rings (SSSR count). The minimum absolute atomic E-state index is 0. The van der Waals surface area contributed by atoms with Gasteiger partial charge in [0.05, 0.1) is 0 Å². The second-order valence-corrected chi connectivity index (χ2v) is 4.15. The van der Waals surface area contributed by atoms with E-state index in [1.807, 2.05) is 18.2 Å². The normalized spacial score (nSPS) is 16.5. The smallest absolute Gasteiger partial charge is 0.150 e. The van der Waals surface area contributed by atoms with E-state index < -0.39 is 0 Å². The lowest BCUT2D eigenvalue weighted by molar-refractivity contribution is 0.112. The molecule has 0 unspecified atom stereocenters. The van der Waals surface area contributed by atoms with Crippen molar-refractivity contribution in [2.45, 2.75) is 25.8 Å². The summed E-state index contributed by atoms with van der Waals surface area (Å²) in [6, 6.07) is 7.88. The molecule has 88 valence electrons. The molecule has 1 heterocycles. The van der Waals surface area contributed by atoms with Gasteiger partial charge in [-0.05, 0) is 31.5 Å². The van der Waals surface area contributed by atoms with Crippen LogP contribution in [0.1, 0.15) is 35.2 Å². The molecule has 0 aliphatic carbocycles. The molecule has 1 aromatic rings. The van der Waals surface area contributed by atoms with Crippen LogP contribution in [0.4, 0.5) is 0 Å². The van der Waals surface area contributed by atoms with E-state index in [1.54, 1.807) is 0 Å². The molecule has 0 bridgehead atoms. The Morgan fingerprint density at radius 3 is 2.50 bits per heavy atom. The lowest BCUT2D eigenvalue weighted by Crippen LogP contribution is -2.29. The Labute approximate surface area is 103 Å². The molecule has 0 N–H and O–H groups in total. The number of halogens is 1. The number of carbonyl (C=O) groups is 1. The molecule has 3 heteroatoms. The third-order valence-electron chi connectivity index (χ3n) is 3.02. The van der Waals surface area contributed by atoms with Crippen molar-refractivity contribution in [1.29, 1.82) is 0 Å². The summed E-state index contributed by atoms with van der Waals surface area (Å²) in [5, 5.41) is 0. The quantitative estimate of drug-likeness (QED) is 0.756. The van der Waals surface area contributed by atoms with Gasteiger partial charge in [-0.25, -0.2) is 0 Å². The molecule has 0 aromatic heterocycles. The first-order valence-corrected chi connectivity index (χ1v) is 5.65. The van der Waals surface area contributed by atoms with Gasteiger partial charge in [-0.1, -0.05) is 30.7 Å². The molecule has 2 nitrogen and oxygen atoms in total. The molecule has 0 atom stereocenters. The molecule has 1 aliphatic rings. The number of benzene rings is 1. The standard InChI is InChI=1S/C13H17NO.ClH/c15-11-13-7-3-2-6-12(13)10-14-8-4-1-5-9-14;/h2-3,6-7,11H,1,4-5,8-10H2;1H.